The van der Waals surface area contributed by atoms with Crippen molar-refractivity contribution in [2.75, 3.05) is 0 Å². The molecule has 0 spiro atoms. The van der Waals surface area contributed by atoms with Crippen LogP contribution in [0.4, 0.5) is 0 Å². The molecule has 0 nitrogen and oxygen atoms in total. The second kappa shape index (κ2) is 4.73. The van der Waals surface area contributed by atoms with Gasteiger partial charge >= 0.3 is 105 Å². The quantitative estimate of drug-likeness (QED) is 0.390. The molecule has 16 heavy (non-hydrogen) atoms. The second-order valence-corrected chi connectivity index (χ2v) is 6.80. The summed E-state index contributed by atoms with van der Waals surface area (Å²) in [6.07, 6.45) is 0. The molecule has 0 N–H and O–H groups in total. The summed E-state index contributed by atoms with van der Waals surface area (Å²) in [6, 6.07) is 19.8. The Morgan fingerprint density at radius 3 is 2.06 bits per heavy atom. The van der Waals surface area contributed by atoms with Crippen LogP contribution in [0.15, 0.2) is 54.6 Å². The third-order valence-electron chi connectivity index (χ3n) is 2.84. The molecule has 0 saturated carbocycles. The molecule has 2 heteroatoms. The van der Waals surface area contributed by atoms with Crippen molar-refractivity contribution in [1.29, 1.82) is 0 Å². The summed E-state index contributed by atoms with van der Waals surface area (Å²) in [5.41, 5.74) is 0. The molecular formula is C14H10ClHg. The van der Waals surface area contributed by atoms with E-state index in [1.54, 1.807) is 3.07 Å². The van der Waals surface area contributed by atoms with E-state index in [0.717, 1.165) is 0 Å². The van der Waals surface area contributed by atoms with Gasteiger partial charge in [-0.2, -0.15) is 0 Å². The SMILES string of the molecule is Cl.[Hg][c]1cccc2cc3ccccc3cc12. The molecular weight excluding hydrogens is 404 g/mol. The van der Waals surface area contributed by atoms with Crippen molar-refractivity contribution in [3.05, 3.63) is 54.6 Å². The maximum atomic E-state index is 2.33. The van der Waals surface area contributed by atoms with E-state index in [9.17, 15) is 0 Å². The normalized spacial score (nSPS) is 10.4. The molecule has 0 atom stereocenters. The standard InChI is InChI=1S/C14H9.ClH.Hg/c1-2-6-12-10-14-8-4-3-7-13(14)9-11(12)5-1;;/h1-7,9-10H;1H;. The number of hydrogen-bond donors (Lipinski definition) is 0. The number of hydrogen-bond acceptors (Lipinski definition) is 0. The van der Waals surface area contributed by atoms with Crippen molar-refractivity contribution in [2.24, 2.45) is 0 Å². The first-order valence-electron chi connectivity index (χ1n) is 5.08. The van der Waals surface area contributed by atoms with E-state index in [4.69, 9.17) is 0 Å². The molecule has 0 unspecified atom stereocenters. The van der Waals surface area contributed by atoms with Crippen molar-refractivity contribution >= 4 is 37.0 Å². The van der Waals surface area contributed by atoms with Crippen LogP contribution in [0.5, 0.6) is 0 Å². The van der Waals surface area contributed by atoms with Crippen molar-refractivity contribution in [3.63, 3.8) is 0 Å². The molecule has 0 fully saturated rings. The fourth-order valence-electron chi connectivity index (χ4n) is 2.03. The molecule has 75 valence electrons. The molecule has 0 aliphatic rings. The van der Waals surface area contributed by atoms with Gasteiger partial charge < -0.3 is 0 Å². The van der Waals surface area contributed by atoms with Crippen LogP contribution in [0.3, 0.4) is 0 Å². The third kappa shape index (κ3) is 1.96. The average Bonchev–Trinajstić information content (AvgIpc) is 2.27. The fraction of sp³-hybridized carbons (Fsp3) is 0. The Hall–Kier alpha value is -0.595. The van der Waals surface area contributed by atoms with Gasteiger partial charge in [-0.25, -0.2) is 0 Å². The van der Waals surface area contributed by atoms with Crippen LogP contribution in [-0.4, -0.2) is 0 Å². The van der Waals surface area contributed by atoms with Crippen LogP contribution in [0, 0.1) is 0 Å². The zero-order chi connectivity index (χ0) is 10.3. The van der Waals surface area contributed by atoms with Gasteiger partial charge in [0.15, 0.2) is 0 Å². The van der Waals surface area contributed by atoms with Gasteiger partial charge in [-0.1, -0.05) is 0 Å². The summed E-state index contributed by atoms with van der Waals surface area (Å²) in [6.45, 7) is 0. The van der Waals surface area contributed by atoms with Gasteiger partial charge in [-0.3, -0.25) is 0 Å². The van der Waals surface area contributed by atoms with Crippen molar-refractivity contribution in [1.82, 2.24) is 0 Å². The first-order valence-corrected chi connectivity index (χ1v) is 7.83. The first-order chi connectivity index (χ1) is 7.34. The number of fused-ring (bicyclic) bond motifs is 2. The molecule has 0 aromatic heterocycles. The van der Waals surface area contributed by atoms with Crippen LogP contribution in [-0.2, 0) is 26.1 Å². The van der Waals surface area contributed by atoms with Gasteiger partial charge in [0.25, 0.3) is 0 Å². The second-order valence-electron chi connectivity index (χ2n) is 3.84. The molecule has 0 aliphatic heterocycles. The third-order valence-corrected chi connectivity index (χ3v) is 5.23. The molecule has 0 heterocycles. The average molecular weight is 414 g/mol. The van der Waals surface area contributed by atoms with Crippen molar-refractivity contribution in [2.45, 2.75) is 0 Å². The Morgan fingerprint density at radius 1 is 0.688 bits per heavy atom. The molecule has 3 aromatic carbocycles. The fourth-order valence-corrected chi connectivity index (χ4v) is 3.75. The monoisotopic (exact) mass is 415 g/mol. The van der Waals surface area contributed by atoms with Gasteiger partial charge in [0, 0.05) is 0 Å². The predicted molar refractivity (Wildman–Crippen MR) is 68.3 cm³/mol. The Bertz CT molecular complexity index is 646. The van der Waals surface area contributed by atoms with E-state index >= 15 is 0 Å². The summed E-state index contributed by atoms with van der Waals surface area (Å²) in [4.78, 5) is 0. The van der Waals surface area contributed by atoms with Gasteiger partial charge in [0.05, 0.1) is 0 Å². The van der Waals surface area contributed by atoms with Gasteiger partial charge in [-0.15, -0.1) is 12.4 Å². The topological polar surface area (TPSA) is 0 Å². The van der Waals surface area contributed by atoms with E-state index in [1.165, 1.54) is 21.5 Å². The maximum absolute atomic E-state index is 2.33. The molecule has 0 radical (unpaired) electrons. The molecule has 0 bridgehead atoms. The zero-order valence-electron chi connectivity index (χ0n) is 8.81. The Morgan fingerprint density at radius 2 is 1.31 bits per heavy atom. The minimum absolute atomic E-state index is 0. The van der Waals surface area contributed by atoms with Crippen LogP contribution in [0.1, 0.15) is 0 Å². The van der Waals surface area contributed by atoms with Crippen LogP contribution < -0.4 is 3.07 Å². The van der Waals surface area contributed by atoms with E-state index in [0.29, 0.717) is 26.1 Å². The summed E-state index contributed by atoms with van der Waals surface area (Å²) in [7, 11) is 0. The molecule has 0 saturated heterocycles. The Labute approximate surface area is 117 Å². The summed E-state index contributed by atoms with van der Waals surface area (Å²) < 4.78 is 1.54. The Kier molecular flexibility index (Phi) is 3.51. The van der Waals surface area contributed by atoms with E-state index in [1.807, 2.05) is 0 Å². The van der Waals surface area contributed by atoms with E-state index in [-0.39, 0.29) is 12.4 Å². The summed E-state index contributed by atoms with van der Waals surface area (Å²) in [5, 5.41) is 5.51. The summed E-state index contributed by atoms with van der Waals surface area (Å²) in [5.74, 6) is 0. The predicted octanol–water partition coefficient (Wildman–Crippen LogP) is 3.59. The Balaban J connectivity index is 0.000000963. The summed E-state index contributed by atoms with van der Waals surface area (Å²) >= 11 is 0.692. The van der Waals surface area contributed by atoms with Crippen LogP contribution >= 0.6 is 12.4 Å². The van der Waals surface area contributed by atoms with Crippen molar-refractivity contribution in [3.8, 4) is 0 Å². The number of rotatable bonds is 0. The van der Waals surface area contributed by atoms with Gasteiger partial charge in [0.1, 0.15) is 0 Å². The number of halogens is 1. The molecule has 0 amide bonds. The first kappa shape index (κ1) is 11.9. The van der Waals surface area contributed by atoms with Gasteiger partial charge in [-0.05, 0) is 0 Å². The number of benzene rings is 3. The van der Waals surface area contributed by atoms with E-state index < -0.39 is 0 Å². The molecule has 3 aromatic rings. The van der Waals surface area contributed by atoms with Gasteiger partial charge in [0.2, 0.25) is 0 Å². The van der Waals surface area contributed by atoms with Crippen LogP contribution in [0.25, 0.3) is 21.5 Å². The van der Waals surface area contributed by atoms with Crippen molar-refractivity contribution < 1.29 is 26.1 Å². The molecule has 3 rings (SSSR count). The van der Waals surface area contributed by atoms with E-state index in [2.05, 4.69) is 54.6 Å². The van der Waals surface area contributed by atoms with Crippen LogP contribution in [0.2, 0.25) is 0 Å². The zero-order valence-corrected chi connectivity index (χ0v) is 15.1. The minimum atomic E-state index is 0. The molecule has 0 aliphatic carbocycles.